The van der Waals surface area contributed by atoms with Crippen LogP contribution < -0.4 is 5.32 Å². The highest BCUT2D eigenvalue weighted by molar-refractivity contribution is 8.00. The van der Waals surface area contributed by atoms with E-state index in [1.54, 1.807) is 0 Å². The fourth-order valence-corrected chi connectivity index (χ4v) is 3.66. The van der Waals surface area contributed by atoms with Crippen molar-refractivity contribution in [2.24, 2.45) is 5.92 Å². The van der Waals surface area contributed by atoms with Crippen LogP contribution in [0.3, 0.4) is 0 Å². The Hall–Kier alpha value is -0.440. The fourth-order valence-electron chi connectivity index (χ4n) is 1.49. The number of alkyl halides is 3. The molecule has 0 aromatic rings. The van der Waals surface area contributed by atoms with Crippen molar-refractivity contribution < 1.29 is 26.4 Å². The Bertz CT molecular complexity index is 380. The van der Waals surface area contributed by atoms with Crippen molar-refractivity contribution in [1.82, 2.24) is 5.32 Å². The first-order valence-corrected chi connectivity index (χ1v) is 7.69. The minimum absolute atomic E-state index is 0.0254. The molecule has 1 aliphatic heterocycles. The third-order valence-corrected chi connectivity index (χ3v) is 4.77. The maximum atomic E-state index is 11.8. The summed E-state index contributed by atoms with van der Waals surface area (Å²) in [5.74, 6) is -1.59. The first-order valence-electron chi connectivity index (χ1n) is 4.88. The first kappa shape index (κ1) is 14.6. The minimum Gasteiger partial charge on any atom is -0.355 e. The van der Waals surface area contributed by atoms with Gasteiger partial charge in [0.2, 0.25) is 5.91 Å². The summed E-state index contributed by atoms with van der Waals surface area (Å²) in [4.78, 5) is 11.4. The number of carbonyl (C=O) groups is 1. The van der Waals surface area contributed by atoms with E-state index in [0.29, 0.717) is 0 Å². The van der Waals surface area contributed by atoms with Gasteiger partial charge in [-0.05, 0) is 18.2 Å². The van der Waals surface area contributed by atoms with Crippen LogP contribution in [0.4, 0.5) is 13.2 Å². The van der Waals surface area contributed by atoms with Gasteiger partial charge in [0.05, 0.1) is 17.4 Å². The summed E-state index contributed by atoms with van der Waals surface area (Å²) in [5, 5.41) is 2.31. The minimum atomic E-state index is -4.30. The van der Waals surface area contributed by atoms with Crippen LogP contribution in [0.1, 0.15) is 6.42 Å². The van der Waals surface area contributed by atoms with Crippen molar-refractivity contribution in [2.45, 2.75) is 11.9 Å². The standard InChI is InChI=1S/C8H12F3NO3S2/c9-8(10,11)16-3-2-12-7(13)6-1-4-17(14,15)5-6/h6H,1-5H2,(H,12,13)/t6-/m0/s1. The molecule has 1 rings (SSSR count). The molecule has 4 nitrogen and oxygen atoms in total. The summed E-state index contributed by atoms with van der Waals surface area (Å²) in [6.07, 6.45) is 0.251. The summed E-state index contributed by atoms with van der Waals surface area (Å²) in [5.41, 5.74) is -4.30. The molecule has 1 fully saturated rings. The van der Waals surface area contributed by atoms with Gasteiger partial charge in [-0.25, -0.2) is 8.42 Å². The predicted octanol–water partition coefficient (Wildman–Crippen LogP) is 0.790. The molecule has 1 saturated heterocycles. The molecule has 0 unspecified atom stereocenters. The van der Waals surface area contributed by atoms with E-state index in [1.165, 1.54) is 0 Å². The fraction of sp³-hybridized carbons (Fsp3) is 0.875. The van der Waals surface area contributed by atoms with Gasteiger partial charge in [-0.15, -0.1) is 0 Å². The highest BCUT2D eigenvalue weighted by atomic mass is 32.2. The van der Waals surface area contributed by atoms with Crippen LogP contribution in [0.25, 0.3) is 0 Å². The molecule has 0 aliphatic carbocycles. The second kappa shape index (κ2) is 5.47. The van der Waals surface area contributed by atoms with Crippen LogP contribution in [-0.4, -0.2) is 43.6 Å². The number of hydrogen-bond donors (Lipinski definition) is 1. The van der Waals surface area contributed by atoms with Gasteiger partial charge in [0, 0.05) is 12.3 Å². The smallest absolute Gasteiger partial charge is 0.355 e. The zero-order valence-corrected chi connectivity index (χ0v) is 10.4. The Balaban J connectivity index is 2.23. The van der Waals surface area contributed by atoms with Crippen LogP contribution in [0, 0.1) is 5.92 Å². The SMILES string of the molecule is O=C(NCCSC(F)(F)F)[C@H]1CCS(=O)(=O)C1. The number of halogens is 3. The highest BCUT2D eigenvalue weighted by Crippen LogP contribution is 2.29. The number of nitrogens with one attached hydrogen (secondary N) is 1. The first-order chi connectivity index (χ1) is 7.70. The Morgan fingerprint density at radius 2 is 2.06 bits per heavy atom. The van der Waals surface area contributed by atoms with Gasteiger partial charge in [0.15, 0.2) is 9.84 Å². The average Bonchev–Trinajstić information content (AvgIpc) is 2.52. The largest absolute Gasteiger partial charge is 0.441 e. The van der Waals surface area contributed by atoms with Crippen LogP contribution in [0.15, 0.2) is 0 Å². The zero-order chi connectivity index (χ0) is 13.1. The summed E-state index contributed by atoms with van der Waals surface area (Å²) < 4.78 is 57.4. The van der Waals surface area contributed by atoms with Crippen molar-refractivity contribution in [1.29, 1.82) is 0 Å². The van der Waals surface area contributed by atoms with Crippen molar-refractivity contribution in [2.75, 3.05) is 23.8 Å². The van der Waals surface area contributed by atoms with Crippen LogP contribution >= 0.6 is 11.8 Å². The van der Waals surface area contributed by atoms with Gasteiger partial charge in [-0.3, -0.25) is 4.79 Å². The topological polar surface area (TPSA) is 63.2 Å². The summed E-state index contributed by atoms with van der Waals surface area (Å²) in [6, 6.07) is 0. The van der Waals surface area contributed by atoms with E-state index in [2.05, 4.69) is 5.32 Å². The van der Waals surface area contributed by atoms with E-state index < -0.39 is 27.2 Å². The summed E-state index contributed by atoms with van der Waals surface area (Å²) in [7, 11) is -3.14. The van der Waals surface area contributed by atoms with E-state index in [-0.39, 0.29) is 42.0 Å². The van der Waals surface area contributed by atoms with Crippen molar-refractivity contribution in [3.63, 3.8) is 0 Å². The number of thioether (sulfide) groups is 1. The van der Waals surface area contributed by atoms with Crippen molar-refractivity contribution >= 4 is 27.5 Å². The molecule has 1 amide bonds. The zero-order valence-electron chi connectivity index (χ0n) is 8.79. The molecule has 1 atom stereocenters. The molecule has 0 radical (unpaired) electrons. The lowest BCUT2D eigenvalue weighted by Gasteiger charge is -2.09. The highest BCUT2D eigenvalue weighted by Gasteiger charge is 2.33. The molecular formula is C8H12F3NO3S2. The molecule has 0 aromatic carbocycles. The van der Waals surface area contributed by atoms with Crippen molar-refractivity contribution in [3.8, 4) is 0 Å². The lowest BCUT2D eigenvalue weighted by atomic mass is 10.1. The number of amides is 1. The number of carbonyl (C=O) groups excluding carboxylic acids is 1. The third-order valence-electron chi connectivity index (χ3n) is 2.27. The number of rotatable bonds is 4. The average molecular weight is 291 g/mol. The van der Waals surface area contributed by atoms with E-state index in [1.807, 2.05) is 0 Å². The Kier molecular flexibility index (Phi) is 4.70. The predicted molar refractivity (Wildman–Crippen MR) is 58.3 cm³/mol. The molecule has 9 heteroatoms. The van der Waals surface area contributed by atoms with Gasteiger partial charge in [0.1, 0.15) is 0 Å². The van der Waals surface area contributed by atoms with Gasteiger partial charge in [-0.1, -0.05) is 0 Å². The van der Waals surface area contributed by atoms with Crippen LogP contribution in [0.2, 0.25) is 0 Å². The number of hydrogen-bond acceptors (Lipinski definition) is 4. The third kappa shape index (κ3) is 5.62. The van der Waals surface area contributed by atoms with E-state index in [0.717, 1.165) is 0 Å². The summed E-state index contributed by atoms with van der Waals surface area (Å²) in [6.45, 7) is -0.112. The van der Waals surface area contributed by atoms with Crippen LogP contribution in [0.5, 0.6) is 0 Å². The summed E-state index contributed by atoms with van der Waals surface area (Å²) >= 11 is -0.215. The molecule has 0 spiro atoms. The Labute approximate surface area is 101 Å². The molecule has 100 valence electrons. The second-order valence-corrected chi connectivity index (χ2v) is 7.07. The van der Waals surface area contributed by atoms with Gasteiger partial charge >= 0.3 is 5.51 Å². The molecule has 0 aromatic heterocycles. The number of sulfone groups is 1. The van der Waals surface area contributed by atoms with Gasteiger partial charge < -0.3 is 5.32 Å². The monoisotopic (exact) mass is 291 g/mol. The maximum Gasteiger partial charge on any atom is 0.441 e. The molecule has 1 heterocycles. The van der Waals surface area contributed by atoms with Gasteiger partial charge in [0.25, 0.3) is 0 Å². The van der Waals surface area contributed by atoms with E-state index in [4.69, 9.17) is 0 Å². The Morgan fingerprint density at radius 3 is 2.53 bits per heavy atom. The quantitative estimate of drug-likeness (QED) is 0.778. The molecule has 17 heavy (non-hydrogen) atoms. The molecule has 0 bridgehead atoms. The van der Waals surface area contributed by atoms with E-state index >= 15 is 0 Å². The molecule has 1 aliphatic rings. The lowest BCUT2D eigenvalue weighted by molar-refractivity contribution is -0.124. The van der Waals surface area contributed by atoms with Crippen LogP contribution in [-0.2, 0) is 14.6 Å². The van der Waals surface area contributed by atoms with Gasteiger partial charge in [-0.2, -0.15) is 13.2 Å². The van der Waals surface area contributed by atoms with E-state index in [9.17, 15) is 26.4 Å². The molecular weight excluding hydrogens is 279 g/mol. The normalized spacial score (nSPS) is 23.6. The Morgan fingerprint density at radius 1 is 1.41 bits per heavy atom. The second-order valence-electron chi connectivity index (χ2n) is 3.69. The molecule has 1 N–H and O–H groups in total. The van der Waals surface area contributed by atoms with Crippen molar-refractivity contribution in [3.05, 3.63) is 0 Å². The maximum absolute atomic E-state index is 11.8. The molecule has 0 saturated carbocycles. The lowest BCUT2D eigenvalue weighted by Crippen LogP contribution is -2.33.